The van der Waals surface area contributed by atoms with Crippen molar-refractivity contribution < 1.29 is 9.53 Å². The summed E-state index contributed by atoms with van der Waals surface area (Å²) < 4.78 is 5.72. The van der Waals surface area contributed by atoms with Gasteiger partial charge in [0.1, 0.15) is 5.75 Å². The molecule has 3 aromatic carbocycles. The van der Waals surface area contributed by atoms with Crippen molar-refractivity contribution in [2.24, 2.45) is 0 Å². The van der Waals surface area contributed by atoms with Gasteiger partial charge >= 0.3 is 0 Å². The van der Waals surface area contributed by atoms with E-state index in [1.54, 1.807) is 24.3 Å². The van der Waals surface area contributed by atoms with Gasteiger partial charge in [-0.2, -0.15) is 10.4 Å². The molecule has 142 valence electrons. The van der Waals surface area contributed by atoms with E-state index in [2.05, 4.69) is 15.5 Å². The minimum Gasteiger partial charge on any atom is -0.493 e. The molecule has 0 aliphatic heterocycles. The van der Waals surface area contributed by atoms with Crippen molar-refractivity contribution in [2.45, 2.75) is 6.92 Å². The molecule has 0 bridgehead atoms. The lowest BCUT2D eigenvalue weighted by Gasteiger charge is -2.10. The van der Waals surface area contributed by atoms with Crippen molar-refractivity contribution >= 4 is 22.6 Å². The SMILES string of the molecule is CCOc1ccccc1-c1ccc2c(NC(=O)c3cccc(C#N)c3)n[nH]c2c1. The lowest BCUT2D eigenvalue weighted by Crippen LogP contribution is -2.12. The molecule has 0 saturated heterocycles. The Morgan fingerprint density at radius 2 is 2.00 bits per heavy atom. The summed E-state index contributed by atoms with van der Waals surface area (Å²) in [5, 5.41) is 19.8. The van der Waals surface area contributed by atoms with Crippen LogP contribution in [0.25, 0.3) is 22.0 Å². The van der Waals surface area contributed by atoms with Gasteiger partial charge < -0.3 is 10.1 Å². The number of rotatable bonds is 5. The second-order valence-electron chi connectivity index (χ2n) is 6.41. The van der Waals surface area contributed by atoms with E-state index in [4.69, 9.17) is 10.00 Å². The number of H-pyrrole nitrogens is 1. The van der Waals surface area contributed by atoms with Crippen molar-refractivity contribution in [1.29, 1.82) is 5.26 Å². The zero-order valence-electron chi connectivity index (χ0n) is 15.8. The molecule has 0 spiro atoms. The Balaban J connectivity index is 1.64. The summed E-state index contributed by atoms with van der Waals surface area (Å²) in [6, 6.07) is 22.3. The van der Waals surface area contributed by atoms with Crippen LogP contribution in [0.5, 0.6) is 5.75 Å². The van der Waals surface area contributed by atoms with Gasteiger partial charge in [-0.05, 0) is 48.9 Å². The lowest BCUT2D eigenvalue weighted by molar-refractivity contribution is 0.102. The van der Waals surface area contributed by atoms with E-state index in [-0.39, 0.29) is 5.91 Å². The second kappa shape index (κ2) is 7.87. The van der Waals surface area contributed by atoms with Crippen molar-refractivity contribution in [3.63, 3.8) is 0 Å². The third-order valence-electron chi connectivity index (χ3n) is 4.55. The van der Waals surface area contributed by atoms with Gasteiger partial charge in [0.15, 0.2) is 5.82 Å². The molecule has 1 heterocycles. The highest BCUT2D eigenvalue weighted by Gasteiger charge is 2.13. The molecule has 1 aromatic heterocycles. The number of aromatic amines is 1. The first-order chi connectivity index (χ1) is 14.2. The summed E-state index contributed by atoms with van der Waals surface area (Å²) in [5.74, 6) is 0.943. The first kappa shape index (κ1) is 18.3. The number of hydrogen-bond donors (Lipinski definition) is 2. The molecule has 6 nitrogen and oxygen atoms in total. The molecule has 1 amide bonds. The molecule has 0 aliphatic rings. The number of nitrogens with one attached hydrogen (secondary N) is 2. The fourth-order valence-electron chi connectivity index (χ4n) is 3.18. The highest BCUT2D eigenvalue weighted by atomic mass is 16.5. The van der Waals surface area contributed by atoms with E-state index >= 15 is 0 Å². The average Bonchev–Trinajstić information content (AvgIpc) is 3.16. The monoisotopic (exact) mass is 382 g/mol. The highest BCUT2D eigenvalue weighted by Crippen LogP contribution is 2.33. The Morgan fingerprint density at radius 1 is 1.14 bits per heavy atom. The van der Waals surface area contributed by atoms with E-state index in [1.807, 2.05) is 55.5 Å². The number of aromatic nitrogens is 2. The minimum atomic E-state index is -0.318. The summed E-state index contributed by atoms with van der Waals surface area (Å²) >= 11 is 0. The summed E-state index contributed by atoms with van der Waals surface area (Å²) in [6.45, 7) is 2.54. The predicted molar refractivity (Wildman–Crippen MR) is 112 cm³/mol. The Kier molecular flexibility index (Phi) is 4.95. The Hall–Kier alpha value is -4.11. The number of nitrogens with zero attached hydrogens (tertiary/aromatic N) is 2. The van der Waals surface area contributed by atoms with Crippen molar-refractivity contribution in [2.75, 3.05) is 11.9 Å². The summed E-state index contributed by atoms with van der Waals surface area (Å²) in [4.78, 5) is 12.5. The van der Waals surface area contributed by atoms with Gasteiger partial charge in [-0.3, -0.25) is 9.89 Å². The Morgan fingerprint density at radius 3 is 2.83 bits per heavy atom. The van der Waals surface area contributed by atoms with Crippen LogP contribution in [-0.2, 0) is 0 Å². The number of hydrogen-bond acceptors (Lipinski definition) is 4. The van der Waals surface area contributed by atoms with E-state index in [1.165, 1.54) is 0 Å². The van der Waals surface area contributed by atoms with Gasteiger partial charge in [0.2, 0.25) is 0 Å². The summed E-state index contributed by atoms with van der Waals surface area (Å²) in [7, 11) is 0. The molecule has 0 saturated carbocycles. The first-order valence-electron chi connectivity index (χ1n) is 9.21. The first-order valence-corrected chi connectivity index (χ1v) is 9.21. The standard InChI is InChI=1S/C23H18N4O2/c1-2-29-21-9-4-3-8-18(21)16-10-11-19-20(13-16)26-27-22(19)25-23(28)17-7-5-6-15(12-17)14-24/h3-13H,2H2,1H3,(H2,25,26,27,28). The normalized spacial score (nSPS) is 10.5. The van der Waals surface area contributed by atoms with Gasteiger partial charge in [0.25, 0.3) is 5.91 Å². The molecule has 4 rings (SSSR count). The molecule has 0 unspecified atom stereocenters. The fraction of sp³-hybridized carbons (Fsp3) is 0.0870. The van der Waals surface area contributed by atoms with E-state index < -0.39 is 0 Å². The van der Waals surface area contributed by atoms with Crippen LogP contribution in [0.3, 0.4) is 0 Å². The fourth-order valence-corrected chi connectivity index (χ4v) is 3.18. The third kappa shape index (κ3) is 3.66. The number of benzene rings is 3. The Labute approximate surface area is 167 Å². The van der Waals surface area contributed by atoms with Crippen molar-refractivity contribution in [1.82, 2.24) is 10.2 Å². The van der Waals surface area contributed by atoms with Crippen molar-refractivity contribution in [3.8, 4) is 22.9 Å². The molecule has 2 N–H and O–H groups in total. The number of carbonyl (C=O) groups is 1. The quantitative estimate of drug-likeness (QED) is 0.521. The molecule has 0 atom stereocenters. The van der Waals surface area contributed by atoms with Gasteiger partial charge in [-0.1, -0.05) is 30.3 Å². The topological polar surface area (TPSA) is 90.8 Å². The number of anilines is 1. The van der Waals surface area contributed by atoms with Crippen LogP contribution >= 0.6 is 0 Å². The smallest absolute Gasteiger partial charge is 0.256 e. The number of amides is 1. The van der Waals surface area contributed by atoms with Crippen LogP contribution in [0.15, 0.2) is 66.7 Å². The van der Waals surface area contributed by atoms with Gasteiger partial charge in [0, 0.05) is 16.5 Å². The van der Waals surface area contributed by atoms with Gasteiger partial charge in [-0.25, -0.2) is 0 Å². The number of carbonyl (C=O) groups excluding carboxylic acids is 1. The van der Waals surface area contributed by atoms with Gasteiger partial charge in [0.05, 0.1) is 23.8 Å². The van der Waals surface area contributed by atoms with Crippen molar-refractivity contribution in [3.05, 3.63) is 77.9 Å². The van der Waals surface area contributed by atoms with E-state index in [0.29, 0.717) is 23.6 Å². The van der Waals surface area contributed by atoms with Crippen LogP contribution < -0.4 is 10.1 Å². The molecule has 6 heteroatoms. The molecule has 29 heavy (non-hydrogen) atoms. The minimum absolute atomic E-state index is 0.318. The van der Waals surface area contributed by atoms with E-state index in [0.717, 1.165) is 27.8 Å². The summed E-state index contributed by atoms with van der Waals surface area (Å²) in [5.41, 5.74) is 3.62. The number of fused-ring (bicyclic) bond motifs is 1. The molecular weight excluding hydrogens is 364 g/mol. The highest BCUT2D eigenvalue weighted by molar-refractivity contribution is 6.08. The van der Waals surface area contributed by atoms with Crippen LogP contribution in [-0.4, -0.2) is 22.7 Å². The molecule has 4 aromatic rings. The van der Waals surface area contributed by atoms with Crippen LogP contribution in [0.4, 0.5) is 5.82 Å². The van der Waals surface area contributed by atoms with Crippen LogP contribution in [0.1, 0.15) is 22.8 Å². The number of nitriles is 1. The maximum atomic E-state index is 12.5. The molecule has 0 radical (unpaired) electrons. The average molecular weight is 382 g/mol. The zero-order chi connectivity index (χ0) is 20.2. The van der Waals surface area contributed by atoms with Crippen LogP contribution in [0.2, 0.25) is 0 Å². The molecule has 0 aliphatic carbocycles. The molecular formula is C23H18N4O2. The zero-order valence-corrected chi connectivity index (χ0v) is 15.8. The van der Waals surface area contributed by atoms with E-state index in [9.17, 15) is 4.79 Å². The van der Waals surface area contributed by atoms with Gasteiger partial charge in [-0.15, -0.1) is 0 Å². The third-order valence-corrected chi connectivity index (χ3v) is 4.55. The van der Waals surface area contributed by atoms with Crippen LogP contribution in [0, 0.1) is 11.3 Å². The second-order valence-corrected chi connectivity index (χ2v) is 6.41. The number of ether oxygens (including phenoxy) is 1. The Bertz CT molecular complexity index is 1240. The maximum absolute atomic E-state index is 12.5. The summed E-state index contributed by atoms with van der Waals surface area (Å²) in [6.07, 6.45) is 0. The number of para-hydroxylation sites is 1. The molecule has 0 fully saturated rings. The lowest BCUT2D eigenvalue weighted by atomic mass is 10.0. The largest absolute Gasteiger partial charge is 0.493 e. The predicted octanol–water partition coefficient (Wildman–Crippen LogP) is 4.75. The maximum Gasteiger partial charge on any atom is 0.256 e.